The second-order valence-corrected chi connectivity index (χ2v) is 9.75. The van der Waals surface area contributed by atoms with Gasteiger partial charge in [-0.3, -0.25) is 0 Å². The van der Waals surface area contributed by atoms with E-state index in [4.69, 9.17) is 0 Å². The van der Waals surface area contributed by atoms with E-state index in [1.54, 1.807) is 10.6 Å². The van der Waals surface area contributed by atoms with Crippen molar-refractivity contribution in [3.63, 3.8) is 0 Å². The van der Waals surface area contributed by atoms with E-state index in [-0.39, 0.29) is 13.4 Å². The third-order valence-corrected chi connectivity index (χ3v) is 8.09. The molecule has 0 bridgehead atoms. The molecule has 0 aromatic heterocycles. The van der Waals surface area contributed by atoms with Crippen LogP contribution in [0.3, 0.4) is 0 Å². The lowest BCUT2D eigenvalue weighted by atomic mass is 9.29. The van der Waals surface area contributed by atoms with E-state index in [1.165, 1.54) is 33.2 Å². The lowest BCUT2D eigenvalue weighted by Gasteiger charge is -2.47. The van der Waals surface area contributed by atoms with Gasteiger partial charge in [0.15, 0.2) is 2.82 Å². The second-order valence-electron chi connectivity index (χ2n) is 9.75. The summed E-state index contributed by atoms with van der Waals surface area (Å²) in [6.45, 7) is 0.0608. The molecule has 5 aromatic carbocycles. The fraction of sp³-hybridized carbons (Fsp3) is 0. The van der Waals surface area contributed by atoms with Gasteiger partial charge in [0.2, 0.25) is 0 Å². The smallest absolute Gasteiger partial charge is 0.252 e. The first-order valence-corrected chi connectivity index (χ1v) is 12.2. The van der Waals surface area contributed by atoms with E-state index in [9.17, 15) is 2.82 Å². The van der Waals surface area contributed by atoms with Crippen molar-refractivity contribution in [2.75, 3.05) is 15.5 Å². The molecule has 2 N–H and O–H groups in total. The second kappa shape index (κ2) is 6.19. The minimum Gasteiger partial charge on any atom is -0.356 e. The Bertz CT molecular complexity index is 1700. The van der Waals surface area contributed by atoms with Gasteiger partial charge in [0.05, 0.1) is 0 Å². The molecular formula is C30H19B2N3. The molecule has 35 heavy (non-hydrogen) atoms. The molecule has 4 aliphatic heterocycles. The van der Waals surface area contributed by atoms with Gasteiger partial charge in [0.1, 0.15) is 0 Å². The van der Waals surface area contributed by atoms with E-state index in [2.05, 4.69) is 83.8 Å². The molecule has 0 saturated heterocycles. The third kappa shape index (κ3) is 2.11. The summed E-state index contributed by atoms with van der Waals surface area (Å²) >= 11 is 0. The van der Waals surface area contributed by atoms with Gasteiger partial charge in [-0.25, -0.2) is 0 Å². The lowest BCUT2D eigenvalue weighted by molar-refractivity contribution is 1.30. The number of benzene rings is 5. The topological polar surface area (TPSA) is 27.3 Å². The molecule has 4 aliphatic rings. The predicted molar refractivity (Wildman–Crippen MR) is 150 cm³/mol. The highest BCUT2D eigenvalue weighted by molar-refractivity contribution is 7.04. The molecule has 0 atom stereocenters. The summed E-state index contributed by atoms with van der Waals surface area (Å²) in [7, 11) is 0. The molecule has 3 nitrogen and oxygen atoms in total. The van der Waals surface area contributed by atoms with Crippen LogP contribution in [-0.2, 0) is 0 Å². The maximum absolute atomic E-state index is 9.25. The van der Waals surface area contributed by atoms with Gasteiger partial charge >= 0.3 is 0 Å². The Balaban J connectivity index is 1.49. The van der Waals surface area contributed by atoms with E-state index < -0.39 is 0 Å². The number of hydrogen-bond acceptors (Lipinski definition) is 3. The van der Waals surface area contributed by atoms with Crippen LogP contribution in [0.1, 0.15) is 0 Å². The Morgan fingerprint density at radius 2 is 0.943 bits per heavy atom. The summed E-state index contributed by atoms with van der Waals surface area (Å²) < 4.78 is 18.5. The number of nitrogens with zero attached hydrogens (tertiary/aromatic N) is 1. The first kappa shape index (κ1) is 16.3. The average molecular weight is 447 g/mol. The summed E-state index contributed by atoms with van der Waals surface area (Å²) in [5.74, 6) is 0. The molecule has 0 saturated carbocycles. The highest BCUT2D eigenvalue weighted by Gasteiger charge is 2.48. The predicted octanol–water partition coefficient (Wildman–Crippen LogP) is 2.93. The van der Waals surface area contributed by atoms with Crippen LogP contribution in [0.25, 0.3) is 0 Å². The fourth-order valence-electron chi connectivity index (χ4n) is 6.79. The van der Waals surface area contributed by atoms with Crippen LogP contribution in [0.5, 0.6) is 0 Å². The molecule has 0 radical (unpaired) electrons. The first-order chi connectivity index (χ1) is 18.2. The van der Waals surface area contributed by atoms with Gasteiger partial charge in [-0.15, -0.1) is 0 Å². The van der Waals surface area contributed by atoms with Crippen molar-refractivity contribution >= 4 is 86.0 Å². The monoisotopic (exact) mass is 447 g/mol. The minimum atomic E-state index is 0.0304. The molecule has 0 aliphatic carbocycles. The number of rotatable bonds is 0. The van der Waals surface area contributed by atoms with Gasteiger partial charge in [-0.05, 0) is 63.1 Å². The van der Waals surface area contributed by atoms with Gasteiger partial charge in [-0.2, -0.15) is 0 Å². The number of anilines is 7. The van der Waals surface area contributed by atoms with E-state index in [0.717, 1.165) is 39.4 Å². The van der Waals surface area contributed by atoms with Gasteiger partial charge in [0.25, 0.3) is 13.4 Å². The summed E-state index contributed by atoms with van der Waals surface area (Å²) in [4.78, 5) is 2.40. The van der Waals surface area contributed by atoms with Crippen molar-refractivity contribution < 1.29 is 2.82 Å². The van der Waals surface area contributed by atoms with Crippen molar-refractivity contribution in [3.8, 4) is 0 Å². The number of nitrogens with one attached hydrogen (secondary N) is 2. The normalized spacial score (nSPS) is 15.9. The average Bonchev–Trinajstić information content (AvgIpc) is 2.96. The van der Waals surface area contributed by atoms with Crippen molar-refractivity contribution in [3.05, 3.63) is 103 Å². The van der Waals surface area contributed by atoms with Crippen LogP contribution in [-0.4, -0.2) is 13.4 Å². The molecule has 4 heterocycles. The zero-order valence-corrected chi connectivity index (χ0v) is 18.8. The Morgan fingerprint density at radius 3 is 1.46 bits per heavy atom. The largest absolute Gasteiger partial charge is 0.356 e. The third-order valence-electron chi connectivity index (χ3n) is 8.09. The van der Waals surface area contributed by atoms with Crippen LogP contribution in [0.15, 0.2) is 103 Å². The Morgan fingerprint density at radius 1 is 0.514 bits per heavy atom. The van der Waals surface area contributed by atoms with Crippen LogP contribution in [0.2, 0.25) is 2.82 Å². The van der Waals surface area contributed by atoms with Crippen LogP contribution < -0.4 is 48.3 Å². The summed E-state index contributed by atoms with van der Waals surface area (Å²) in [5.41, 5.74) is 14.1. The van der Waals surface area contributed by atoms with E-state index in [1.807, 2.05) is 24.3 Å². The molecule has 0 fully saturated rings. The maximum Gasteiger partial charge on any atom is 0.252 e. The maximum atomic E-state index is 9.25. The highest BCUT2D eigenvalue weighted by Crippen LogP contribution is 2.43. The van der Waals surface area contributed by atoms with Gasteiger partial charge in [0, 0.05) is 39.8 Å². The van der Waals surface area contributed by atoms with Crippen LogP contribution >= 0.6 is 0 Å². The highest BCUT2D eigenvalue weighted by atomic mass is 15.2. The zero-order valence-electron chi connectivity index (χ0n) is 20.8. The quantitative estimate of drug-likeness (QED) is 0.351. The van der Waals surface area contributed by atoms with Crippen molar-refractivity contribution in [2.24, 2.45) is 0 Å². The number of hydrogen-bond donors (Lipinski definition) is 2. The van der Waals surface area contributed by atoms with E-state index >= 15 is 0 Å². The summed E-state index contributed by atoms with van der Waals surface area (Å²) in [6, 6.07) is 36.1. The number of fused-ring (bicyclic) bond motifs is 10. The van der Waals surface area contributed by atoms with Crippen molar-refractivity contribution in [1.82, 2.24) is 0 Å². The van der Waals surface area contributed by atoms with Gasteiger partial charge in [-0.1, -0.05) is 72.8 Å². The molecular weight excluding hydrogens is 424 g/mol. The van der Waals surface area contributed by atoms with E-state index in [0.29, 0.717) is 0 Å². The summed E-state index contributed by atoms with van der Waals surface area (Å²) in [5, 5.41) is 3.15. The van der Waals surface area contributed by atoms with Crippen molar-refractivity contribution in [1.29, 1.82) is 0 Å². The zero-order chi connectivity index (χ0) is 24.4. The standard InChI is InChI=1S/C30H19B2N3/c1-5-13-22-18(9-1)31-20-11-3-7-15-26(20)35-27-16-8-4-12-21(27)32-19-10-2-6-14-23(19)34-25-17-24(33-22)28(31)30(35)29(25)32/h1-17,33-34H/i/hT2. The van der Waals surface area contributed by atoms with Crippen LogP contribution in [0.4, 0.5) is 39.8 Å². The Labute approximate surface area is 207 Å². The molecule has 5 aromatic rings. The minimum absolute atomic E-state index is 0.0304. The Kier molecular flexibility index (Phi) is 2.88. The molecule has 0 amide bonds. The molecule has 160 valence electrons. The SMILES string of the molecule is [3H]N1c2ccccc2B2c3ccccc3N3c4ccccc4B4c5ccccc5N([3H])c5cc1c2c3c54. The fourth-order valence-corrected chi connectivity index (χ4v) is 6.79. The molecule has 0 spiro atoms. The number of para-hydroxylation sites is 4. The van der Waals surface area contributed by atoms with Crippen LogP contribution in [0, 0.1) is 0 Å². The molecule has 5 heteroatoms. The molecule has 0 unspecified atom stereocenters. The first-order valence-electron chi connectivity index (χ1n) is 13.1. The lowest BCUT2D eigenvalue weighted by Crippen LogP contribution is -2.67. The Hall–Kier alpha value is -4.37. The van der Waals surface area contributed by atoms with Gasteiger partial charge < -0.3 is 15.5 Å². The van der Waals surface area contributed by atoms with Crippen molar-refractivity contribution in [2.45, 2.75) is 0 Å². The summed E-state index contributed by atoms with van der Waals surface area (Å²) in [6.07, 6.45) is 0. The molecule has 9 rings (SSSR count).